The van der Waals surface area contributed by atoms with Gasteiger partial charge in [-0.1, -0.05) is 18.2 Å². The van der Waals surface area contributed by atoms with Crippen LogP contribution in [0, 0.1) is 12.7 Å². The third-order valence-corrected chi connectivity index (χ3v) is 5.93. The van der Waals surface area contributed by atoms with Crippen LogP contribution in [0.25, 0.3) is 11.1 Å². The Balaban J connectivity index is 1.54. The number of thiazole rings is 1. The number of carbonyl (C=O) groups excluding carboxylic acids is 1. The molecule has 0 amide bonds. The third kappa shape index (κ3) is 4.92. The second kappa shape index (κ2) is 9.84. The van der Waals surface area contributed by atoms with E-state index in [1.54, 1.807) is 35.7 Å². The van der Waals surface area contributed by atoms with Crippen LogP contribution in [-0.2, 0) is 16.1 Å². The van der Waals surface area contributed by atoms with Crippen molar-refractivity contribution < 1.29 is 18.7 Å². The van der Waals surface area contributed by atoms with E-state index in [0.717, 1.165) is 27.7 Å². The number of halogens is 1. The molecule has 1 atom stereocenters. The van der Waals surface area contributed by atoms with Gasteiger partial charge in [-0.05, 0) is 47.9 Å². The summed E-state index contributed by atoms with van der Waals surface area (Å²) in [5.74, 6) is -0.00336. The molecule has 6 nitrogen and oxygen atoms in total. The van der Waals surface area contributed by atoms with E-state index in [-0.39, 0.29) is 11.7 Å². The fourth-order valence-corrected chi connectivity index (χ4v) is 4.19. The van der Waals surface area contributed by atoms with Gasteiger partial charge in [0.1, 0.15) is 16.6 Å². The van der Waals surface area contributed by atoms with Crippen LogP contribution in [0.3, 0.4) is 0 Å². The SMILES string of the molecule is COC(=O)c1ccc(COCC(c2cnc(C)[nH]2)c2nccs2)cc1-c1ccc(F)cc1. The Hall–Kier alpha value is -3.36. The maximum Gasteiger partial charge on any atom is 0.338 e. The van der Waals surface area contributed by atoms with Crippen LogP contribution in [0.5, 0.6) is 0 Å². The minimum atomic E-state index is -0.449. The van der Waals surface area contributed by atoms with Crippen LogP contribution in [0.15, 0.2) is 60.2 Å². The number of aromatic nitrogens is 3. The number of H-pyrrole nitrogens is 1. The Labute approximate surface area is 189 Å². The Morgan fingerprint density at radius 1 is 1.19 bits per heavy atom. The van der Waals surface area contributed by atoms with Gasteiger partial charge in [0, 0.05) is 23.5 Å². The van der Waals surface area contributed by atoms with Crippen molar-refractivity contribution in [3.63, 3.8) is 0 Å². The summed E-state index contributed by atoms with van der Waals surface area (Å²) in [5, 5.41) is 2.88. The highest BCUT2D eigenvalue weighted by atomic mass is 32.1. The maximum absolute atomic E-state index is 13.4. The molecule has 0 bridgehead atoms. The third-order valence-electron chi connectivity index (χ3n) is 5.05. The van der Waals surface area contributed by atoms with E-state index in [2.05, 4.69) is 15.0 Å². The Kier molecular flexibility index (Phi) is 6.72. The lowest BCUT2D eigenvalue weighted by Gasteiger charge is -2.15. The van der Waals surface area contributed by atoms with Crippen molar-refractivity contribution in [1.29, 1.82) is 0 Å². The molecule has 1 unspecified atom stereocenters. The Bertz CT molecular complexity index is 1190. The molecule has 0 aliphatic rings. The highest BCUT2D eigenvalue weighted by Gasteiger charge is 2.20. The number of aromatic amines is 1. The van der Waals surface area contributed by atoms with Crippen molar-refractivity contribution in [2.24, 2.45) is 0 Å². The second-order valence-corrected chi connectivity index (χ2v) is 8.17. The Morgan fingerprint density at radius 2 is 2.00 bits per heavy atom. The average molecular weight is 452 g/mol. The minimum absolute atomic E-state index is 0.0536. The quantitative estimate of drug-likeness (QED) is 0.377. The van der Waals surface area contributed by atoms with Crippen LogP contribution in [0.2, 0.25) is 0 Å². The molecular formula is C24H22FN3O3S. The summed E-state index contributed by atoms with van der Waals surface area (Å²) in [7, 11) is 1.34. The van der Waals surface area contributed by atoms with Gasteiger partial charge in [-0.25, -0.2) is 19.2 Å². The van der Waals surface area contributed by atoms with Gasteiger partial charge in [0.05, 0.1) is 31.8 Å². The first-order chi connectivity index (χ1) is 15.5. The van der Waals surface area contributed by atoms with E-state index >= 15 is 0 Å². The summed E-state index contributed by atoms with van der Waals surface area (Å²) < 4.78 is 24.3. The van der Waals surface area contributed by atoms with Gasteiger partial charge >= 0.3 is 5.97 Å². The predicted molar refractivity (Wildman–Crippen MR) is 120 cm³/mol. The monoisotopic (exact) mass is 451 g/mol. The van der Waals surface area contributed by atoms with Gasteiger partial charge in [-0.3, -0.25) is 0 Å². The fraction of sp³-hybridized carbons (Fsp3) is 0.208. The number of nitrogens with one attached hydrogen (secondary N) is 1. The maximum atomic E-state index is 13.4. The van der Waals surface area contributed by atoms with Gasteiger partial charge in [0.2, 0.25) is 0 Å². The van der Waals surface area contributed by atoms with Crippen molar-refractivity contribution >= 4 is 17.3 Å². The first-order valence-corrected chi connectivity index (χ1v) is 10.9. The molecule has 2 heterocycles. The standard InChI is InChI=1S/C24H22FN3O3S/c1-15-27-12-22(28-15)21(23-26-9-10-32-23)14-31-13-16-3-8-19(24(29)30-2)20(11-16)17-4-6-18(25)7-5-17/h3-12,21H,13-14H2,1-2H3,(H,27,28). The van der Waals surface area contributed by atoms with Crippen LogP contribution in [0.4, 0.5) is 4.39 Å². The number of hydrogen-bond donors (Lipinski definition) is 1. The van der Waals surface area contributed by atoms with Crippen molar-refractivity contribution in [1.82, 2.24) is 15.0 Å². The molecule has 32 heavy (non-hydrogen) atoms. The molecule has 0 saturated carbocycles. The smallest absolute Gasteiger partial charge is 0.338 e. The molecule has 0 saturated heterocycles. The fourth-order valence-electron chi connectivity index (χ4n) is 3.45. The normalized spacial score (nSPS) is 12.0. The predicted octanol–water partition coefficient (Wildman–Crippen LogP) is 5.12. The molecule has 8 heteroatoms. The zero-order valence-electron chi connectivity index (χ0n) is 17.7. The highest BCUT2D eigenvalue weighted by molar-refractivity contribution is 7.09. The van der Waals surface area contributed by atoms with E-state index < -0.39 is 5.97 Å². The van der Waals surface area contributed by atoms with Crippen molar-refractivity contribution in [3.8, 4) is 11.1 Å². The number of benzene rings is 2. The molecule has 1 N–H and O–H groups in total. The van der Waals surface area contributed by atoms with E-state index in [9.17, 15) is 9.18 Å². The number of hydrogen-bond acceptors (Lipinski definition) is 6. The molecule has 164 valence electrons. The minimum Gasteiger partial charge on any atom is -0.465 e. The lowest BCUT2D eigenvalue weighted by Crippen LogP contribution is -2.10. The molecule has 0 spiro atoms. The molecular weight excluding hydrogens is 429 g/mol. The number of esters is 1. The van der Waals surface area contributed by atoms with Gasteiger partial charge in [-0.15, -0.1) is 11.3 Å². The van der Waals surface area contributed by atoms with Crippen molar-refractivity contribution in [2.45, 2.75) is 19.4 Å². The summed E-state index contributed by atoms with van der Waals surface area (Å²) in [6.45, 7) is 2.66. The van der Waals surface area contributed by atoms with Crippen LogP contribution < -0.4 is 0 Å². The first kappa shape index (κ1) is 21.9. The highest BCUT2D eigenvalue weighted by Crippen LogP contribution is 2.28. The number of rotatable bonds is 8. The van der Waals surface area contributed by atoms with Gasteiger partial charge < -0.3 is 14.5 Å². The molecule has 2 aromatic carbocycles. The zero-order valence-corrected chi connectivity index (χ0v) is 18.5. The molecule has 4 aromatic rings. The molecule has 4 rings (SSSR count). The van der Waals surface area contributed by atoms with Gasteiger partial charge in [-0.2, -0.15) is 0 Å². The summed E-state index contributed by atoms with van der Waals surface area (Å²) in [6.07, 6.45) is 3.58. The van der Waals surface area contributed by atoms with Crippen LogP contribution in [0.1, 0.15) is 38.4 Å². The van der Waals surface area contributed by atoms with E-state index in [0.29, 0.717) is 24.3 Å². The van der Waals surface area contributed by atoms with E-state index in [1.165, 1.54) is 19.2 Å². The number of nitrogens with zero attached hydrogens (tertiary/aromatic N) is 2. The molecule has 0 radical (unpaired) electrons. The lowest BCUT2D eigenvalue weighted by molar-refractivity contribution is 0.0601. The average Bonchev–Trinajstić information content (AvgIpc) is 3.49. The first-order valence-electron chi connectivity index (χ1n) is 10.0. The molecule has 0 aliphatic heterocycles. The summed E-state index contributed by atoms with van der Waals surface area (Å²) in [6, 6.07) is 11.4. The topological polar surface area (TPSA) is 77.1 Å². The number of aryl methyl sites for hydroxylation is 1. The van der Waals surface area contributed by atoms with Crippen LogP contribution in [-0.4, -0.2) is 34.6 Å². The second-order valence-electron chi connectivity index (χ2n) is 7.24. The van der Waals surface area contributed by atoms with Crippen molar-refractivity contribution in [3.05, 3.63) is 93.7 Å². The Morgan fingerprint density at radius 3 is 2.66 bits per heavy atom. The zero-order chi connectivity index (χ0) is 22.5. The molecule has 2 aromatic heterocycles. The lowest BCUT2D eigenvalue weighted by atomic mass is 9.97. The van der Waals surface area contributed by atoms with Gasteiger partial charge in [0.15, 0.2) is 0 Å². The molecule has 0 fully saturated rings. The number of methoxy groups -OCH3 is 1. The van der Waals surface area contributed by atoms with Crippen LogP contribution >= 0.6 is 11.3 Å². The summed E-state index contributed by atoms with van der Waals surface area (Å²) in [4.78, 5) is 24.2. The summed E-state index contributed by atoms with van der Waals surface area (Å²) in [5.41, 5.74) is 3.64. The van der Waals surface area contributed by atoms with Crippen molar-refractivity contribution in [2.75, 3.05) is 13.7 Å². The number of carbonyl (C=O) groups is 1. The summed E-state index contributed by atoms with van der Waals surface area (Å²) >= 11 is 1.57. The number of ether oxygens (including phenoxy) is 2. The largest absolute Gasteiger partial charge is 0.465 e. The van der Waals surface area contributed by atoms with E-state index in [4.69, 9.17) is 9.47 Å². The number of imidazole rings is 1. The van der Waals surface area contributed by atoms with Gasteiger partial charge in [0.25, 0.3) is 0 Å². The van der Waals surface area contributed by atoms with E-state index in [1.807, 2.05) is 30.6 Å². The molecule has 0 aliphatic carbocycles.